The number of hydrogen-bond donors (Lipinski definition) is 3. The number of carboxylic acid groups (broad SMARTS) is 1. The summed E-state index contributed by atoms with van der Waals surface area (Å²) in [4.78, 5) is 37.3. The number of aliphatic carboxylic acids is 1. The van der Waals surface area contributed by atoms with E-state index in [0.717, 1.165) is 18.2 Å². The summed E-state index contributed by atoms with van der Waals surface area (Å²) in [6.45, 7) is 10.4. The summed E-state index contributed by atoms with van der Waals surface area (Å²) in [5.41, 5.74) is 4.54. The van der Waals surface area contributed by atoms with Crippen molar-refractivity contribution in [2.24, 2.45) is 5.73 Å². The van der Waals surface area contributed by atoms with Gasteiger partial charge in [-0.2, -0.15) is 0 Å². The van der Waals surface area contributed by atoms with E-state index in [9.17, 15) is 14.4 Å². The lowest BCUT2D eigenvalue weighted by Crippen LogP contribution is -2.11. The Morgan fingerprint density at radius 3 is 1.57 bits per heavy atom. The topological polar surface area (TPSA) is 157 Å². The zero-order valence-corrected chi connectivity index (χ0v) is 12.0. The molecule has 4 N–H and O–H groups in total. The average molecular weight is 304 g/mol. The van der Waals surface area contributed by atoms with Crippen LogP contribution in [0.25, 0.3) is 0 Å². The standard InChI is InChI=1S/C5H8O2.C3H7NO2.C3H4O2.CHNO/c1-3-5(6)7-4-2;1-2-6-3(4)5;1-2-3(4)5;2-1-3/h3H,1,4H2,2H3;2H2,1H3,(H2,4,5);2H,1H2,(H,4,5);2H. The average Bonchev–Trinajstić information content (AvgIpc) is 2.41. The molecule has 120 valence electrons. The van der Waals surface area contributed by atoms with Gasteiger partial charge in [0.05, 0.1) is 13.2 Å². The van der Waals surface area contributed by atoms with Gasteiger partial charge in [0.1, 0.15) is 0 Å². The van der Waals surface area contributed by atoms with Crippen LogP contribution >= 0.6 is 0 Å². The number of primary amides is 1. The van der Waals surface area contributed by atoms with Crippen LogP contribution in [0.3, 0.4) is 0 Å². The van der Waals surface area contributed by atoms with E-state index in [-0.39, 0.29) is 5.97 Å². The summed E-state index contributed by atoms with van der Waals surface area (Å²) in [6.07, 6.45) is 2.02. The van der Waals surface area contributed by atoms with Crippen molar-refractivity contribution in [1.29, 1.82) is 5.41 Å². The smallest absolute Gasteiger partial charge is 0.404 e. The molecule has 0 rings (SSSR count). The molecule has 0 heterocycles. The van der Waals surface area contributed by atoms with Crippen LogP contribution < -0.4 is 5.73 Å². The number of rotatable bonds is 4. The zero-order chi connectivity index (χ0) is 17.7. The number of isocyanates is 1. The lowest BCUT2D eigenvalue weighted by molar-refractivity contribution is -0.137. The molecule has 0 aromatic rings. The number of amides is 1. The van der Waals surface area contributed by atoms with Gasteiger partial charge in [-0.05, 0) is 13.8 Å². The highest BCUT2D eigenvalue weighted by atomic mass is 16.5. The molecular weight excluding hydrogens is 284 g/mol. The highest BCUT2D eigenvalue weighted by Gasteiger charge is 1.86. The van der Waals surface area contributed by atoms with Gasteiger partial charge in [0, 0.05) is 12.2 Å². The summed E-state index contributed by atoms with van der Waals surface area (Å²) >= 11 is 0. The molecule has 9 nitrogen and oxygen atoms in total. The van der Waals surface area contributed by atoms with Crippen LogP contribution in [0, 0.1) is 5.41 Å². The predicted octanol–water partition coefficient (Wildman–Crippen LogP) is 0.995. The van der Waals surface area contributed by atoms with E-state index in [0.29, 0.717) is 13.2 Å². The van der Waals surface area contributed by atoms with Crippen LogP contribution in [0.15, 0.2) is 25.3 Å². The molecule has 0 aliphatic heterocycles. The van der Waals surface area contributed by atoms with Crippen molar-refractivity contribution < 1.29 is 33.8 Å². The number of nitrogens with one attached hydrogen (secondary N) is 1. The van der Waals surface area contributed by atoms with E-state index in [1.807, 2.05) is 0 Å². The third-order valence-electron chi connectivity index (χ3n) is 0.914. The quantitative estimate of drug-likeness (QED) is 0.302. The van der Waals surface area contributed by atoms with Crippen LogP contribution in [-0.4, -0.2) is 42.4 Å². The first-order valence-corrected chi connectivity index (χ1v) is 5.37. The summed E-state index contributed by atoms with van der Waals surface area (Å²) in [5.74, 6) is -1.34. The van der Waals surface area contributed by atoms with Gasteiger partial charge in [-0.15, -0.1) is 0 Å². The Morgan fingerprint density at radius 2 is 1.52 bits per heavy atom. The largest absolute Gasteiger partial charge is 0.478 e. The van der Waals surface area contributed by atoms with Crippen molar-refractivity contribution in [3.63, 3.8) is 0 Å². The van der Waals surface area contributed by atoms with Gasteiger partial charge >= 0.3 is 18.0 Å². The summed E-state index contributed by atoms with van der Waals surface area (Å²) < 4.78 is 8.61. The van der Waals surface area contributed by atoms with Gasteiger partial charge in [-0.1, -0.05) is 13.2 Å². The molecular formula is C12H20N2O7. The van der Waals surface area contributed by atoms with Crippen molar-refractivity contribution in [3.05, 3.63) is 25.3 Å². The van der Waals surface area contributed by atoms with Crippen molar-refractivity contribution in [3.8, 4) is 0 Å². The monoisotopic (exact) mass is 304 g/mol. The second-order valence-electron chi connectivity index (χ2n) is 2.35. The van der Waals surface area contributed by atoms with Crippen LogP contribution in [0.4, 0.5) is 4.79 Å². The molecule has 0 fully saturated rings. The van der Waals surface area contributed by atoms with Gasteiger partial charge < -0.3 is 20.3 Å². The third kappa shape index (κ3) is 77.6. The molecule has 0 saturated carbocycles. The Morgan fingerprint density at radius 1 is 1.19 bits per heavy atom. The summed E-state index contributed by atoms with van der Waals surface area (Å²) in [7, 11) is 0. The minimum atomic E-state index is -0.981. The van der Waals surface area contributed by atoms with Crippen LogP contribution in [0.1, 0.15) is 13.8 Å². The lowest BCUT2D eigenvalue weighted by Gasteiger charge is -1.90. The Hall–Kier alpha value is -2.93. The minimum absolute atomic E-state index is 0.356. The molecule has 0 aliphatic carbocycles. The number of hydrogen-bond acceptors (Lipinski definition) is 7. The highest BCUT2D eigenvalue weighted by Crippen LogP contribution is 1.74. The first kappa shape index (κ1) is 26.6. The molecule has 9 heteroatoms. The van der Waals surface area contributed by atoms with Crippen molar-refractivity contribution in [2.45, 2.75) is 13.8 Å². The number of carbonyl (C=O) groups excluding carboxylic acids is 3. The Kier molecular flexibility index (Phi) is 32.7. The molecule has 0 aliphatic rings. The van der Waals surface area contributed by atoms with Crippen molar-refractivity contribution >= 4 is 24.1 Å². The Balaban J connectivity index is -0.0000000955. The lowest BCUT2D eigenvalue weighted by atomic mass is 10.6. The number of esters is 1. The molecule has 0 unspecified atom stereocenters. The fourth-order valence-electron chi connectivity index (χ4n) is 0.343. The maximum absolute atomic E-state index is 10.1. The minimum Gasteiger partial charge on any atom is -0.478 e. The maximum atomic E-state index is 10.1. The third-order valence-corrected chi connectivity index (χ3v) is 0.914. The fraction of sp³-hybridized carbons (Fsp3) is 0.333. The van der Waals surface area contributed by atoms with Crippen LogP contribution in [0.2, 0.25) is 0 Å². The second-order valence-corrected chi connectivity index (χ2v) is 2.35. The molecule has 0 saturated heterocycles. The first-order chi connectivity index (χ1) is 9.76. The normalized spacial score (nSPS) is 6.57. The van der Waals surface area contributed by atoms with E-state index in [2.05, 4.69) is 28.4 Å². The SMILES string of the molecule is C=CC(=O)O.C=CC(=O)OCC.CCOC(N)=O.N=C=O. The fourth-order valence-corrected chi connectivity index (χ4v) is 0.343. The predicted molar refractivity (Wildman–Crippen MR) is 74.3 cm³/mol. The molecule has 0 aromatic heterocycles. The number of carboxylic acids is 1. The van der Waals surface area contributed by atoms with Crippen molar-refractivity contribution in [2.75, 3.05) is 13.2 Å². The van der Waals surface area contributed by atoms with E-state index in [1.165, 1.54) is 0 Å². The highest BCUT2D eigenvalue weighted by molar-refractivity contribution is 5.81. The number of ether oxygens (including phenoxy) is 2. The van der Waals surface area contributed by atoms with Gasteiger partial charge in [-0.25, -0.2) is 24.6 Å². The second kappa shape index (κ2) is 25.8. The van der Waals surface area contributed by atoms with Gasteiger partial charge in [-0.3, -0.25) is 0 Å². The van der Waals surface area contributed by atoms with E-state index >= 15 is 0 Å². The number of carbonyl (C=O) groups is 3. The summed E-state index contributed by atoms with van der Waals surface area (Å²) in [5, 5.41) is 13.0. The summed E-state index contributed by atoms with van der Waals surface area (Å²) in [6, 6.07) is 0. The van der Waals surface area contributed by atoms with Crippen molar-refractivity contribution in [1.82, 2.24) is 0 Å². The van der Waals surface area contributed by atoms with Gasteiger partial charge in [0.2, 0.25) is 6.08 Å². The molecule has 0 spiro atoms. The molecule has 0 radical (unpaired) electrons. The van der Waals surface area contributed by atoms with E-state index in [4.69, 9.17) is 15.3 Å². The zero-order valence-electron chi connectivity index (χ0n) is 12.0. The van der Waals surface area contributed by atoms with Crippen LogP contribution in [0.5, 0.6) is 0 Å². The van der Waals surface area contributed by atoms with E-state index < -0.39 is 12.1 Å². The molecule has 0 atom stereocenters. The van der Waals surface area contributed by atoms with E-state index in [1.54, 1.807) is 13.8 Å². The Bertz CT molecular complexity index is 348. The van der Waals surface area contributed by atoms with Crippen LogP contribution in [-0.2, 0) is 23.9 Å². The molecule has 0 aromatic carbocycles. The maximum Gasteiger partial charge on any atom is 0.404 e. The van der Waals surface area contributed by atoms with Gasteiger partial charge in [0.15, 0.2) is 0 Å². The molecule has 0 bridgehead atoms. The molecule has 21 heavy (non-hydrogen) atoms. The van der Waals surface area contributed by atoms with Gasteiger partial charge in [0.25, 0.3) is 0 Å². The molecule has 1 amide bonds. The first-order valence-electron chi connectivity index (χ1n) is 5.37. The number of nitrogens with two attached hydrogens (primary N) is 1. The Labute approximate surface area is 122 Å².